The summed E-state index contributed by atoms with van der Waals surface area (Å²) in [6, 6.07) is 7.32. The van der Waals surface area contributed by atoms with Crippen LogP contribution in [0.3, 0.4) is 0 Å². The second-order valence-corrected chi connectivity index (χ2v) is 8.50. The summed E-state index contributed by atoms with van der Waals surface area (Å²) in [4.78, 5) is 12.2. The minimum Gasteiger partial charge on any atom is -0.504 e. The zero-order chi connectivity index (χ0) is 27.8. The number of benzene rings is 2. The molecule has 0 saturated carbocycles. The molecule has 1 fully saturated rings. The number of hydrogen-bond acceptors (Lipinski definition) is 12. The zero-order valence-electron chi connectivity index (χ0n) is 20.9. The Morgan fingerprint density at radius 1 is 0.974 bits per heavy atom. The van der Waals surface area contributed by atoms with Crippen molar-refractivity contribution in [1.29, 1.82) is 0 Å². The number of aryl methyl sites for hydroxylation is 1. The van der Waals surface area contributed by atoms with Crippen molar-refractivity contribution in [3.05, 3.63) is 47.5 Å². The summed E-state index contributed by atoms with van der Waals surface area (Å²) in [5.74, 6) is -0.895. The van der Waals surface area contributed by atoms with Gasteiger partial charge >= 0.3 is 5.97 Å². The van der Waals surface area contributed by atoms with Crippen molar-refractivity contribution in [3.8, 4) is 28.7 Å². The number of carbonyl (C=O) groups excluding carboxylic acids is 1. The van der Waals surface area contributed by atoms with Crippen molar-refractivity contribution in [2.45, 2.75) is 43.5 Å². The van der Waals surface area contributed by atoms with E-state index in [2.05, 4.69) is 0 Å². The average Bonchev–Trinajstić information content (AvgIpc) is 2.92. The quantitative estimate of drug-likeness (QED) is 0.133. The zero-order valence-corrected chi connectivity index (χ0v) is 20.9. The Morgan fingerprint density at radius 2 is 1.66 bits per heavy atom. The van der Waals surface area contributed by atoms with Crippen LogP contribution in [-0.4, -0.2) is 94.7 Å². The molecule has 0 amide bonds. The maximum absolute atomic E-state index is 12.2. The number of methoxy groups -OCH3 is 2. The highest BCUT2D eigenvalue weighted by Crippen LogP contribution is 2.41. The van der Waals surface area contributed by atoms with E-state index in [0.717, 1.165) is 11.6 Å². The molecule has 6 N–H and O–H groups in total. The van der Waals surface area contributed by atoms with Gasteiger partial charge in [-0.3, -0.25) is 0 Å². The Hall–Kier alpha value is -3.55. The first-order chi connectivity index (χ1) is 18.2. The van der Waals surface area contributed by atoms with Crippen molar-refractivity contribution >= 4 is 12.0 Å². The summed E-state index contributed by atoms with van der Waals surface area (Å²) in [6.45, 7) is -0.476. The van der Waals surface area contributed by atoms with E-state index < -0.39 is 43.3 Å². The predicted octanol–water partition coefficient (Wildman–Crippen LogP) is 0.483. The number of hydrogen-bond donors (Lipinski definition) is 6. The molecule has 2 unspecified atom stereocenters. The fourth-order valence-electron chi connectivity index (χ4n) is 3.77. The van der Waals surface area contributed by atoms with Gasteiger partial charge in [0, 0.05) is 12.7 Å². The second-order valence-electron chi connectivity index (χ2n) is 8.50. The molecule has 1 saturated heterocycles. The van der Waals surface area contributed by atoms with Gasteiger partial charge in [0.15, 0.2) is 23.0 Å². The van der Waals surface area contributed by atoms with E-state index in [1.54, 1.807) is 12.1 Å². The molecular formula is C26H32O12. The molecule has 0 spiro atoms. The maximum Gasteiger partial charge on any atom is 0.330 e. The van der Waals surface area contributed by atoms with Gasteiger partial charge in [-0.15, -0.1) is 0 Å². The summed E-state index contributed by atoms with van der Waals surface area (Å²) in [7, 11) is 2.81. The highest BCUT2D eigenvalue weighted by Gasteiger charge is 2.46. The van der Waals surface area contributed by atoms with Crippen LogP contribution in [0.2, 0.25) is 0 Å². The number of rotatable bonds is 11. The van der Waals surface area contributed by atoms with Gasteiger partial charge in [-0.1, -0.05) is 6.07 Å². The minimum atomic E-state index is -1.69. The standard InChI is InChI=1S/C26H32O12/c1-34-18-11-15(4-3-9-27)12-19(35-2)25(18)38-26-24(33)23(32)22(31)20(37-26)13-36-21(30)8-6-14-5-7-16(28)17(29)10-14/h5-8,10-12,20,22-24,26-29,31-33H,3-4,9,13H2,1-2H3/b8-6+/t20?,22-,23?,24+,26+/m1/s1. The van der Waals surface area contributed by atoms with Gasteiger partial charge in [0.25, 0.3) is 0 Å². The van der Waals surface area contributed by atoms with Gasteiger partial charge in [-0.05, 0) is 54.3 Å². The fourth-order valence-corrected chi connectivity index (χ4v) is 3.77. The van der Waals surface area contributed by atoms with E-state index in [-0.39, 0.29) is 35.4 Å². The number of aliphatic hydroxyl groups excluding tert-OH is 4. The van der Waals surface area contributed by atoms with Gasteiger partial charge in [0.05, 0.1) is 14.2 Å². The molecule has 0 radical (unpaired) electrons. The number of esters is 1. The molecule has 1 aliphatic heterocycles. The first-order valence-corrected chi connectivity index (χ1v) is 11.8. The third-order valence-electron chi connectivity index (χ3n) is 5.85. The van der Waals surface area contributed by atoms with Crippen LogP contribution in [0, 0.1) is 0 Å². The molecule has 0 aromatic heterocycles. The smallest absolute Gasteiger partial charge is 0.330 e. The van der Waals surface area contributed by atoms with Crippen molar-refractivity contribution in [3.63, 3.8) is 0 Å². The van der Waals surface area contributed by atoms with Crippen molar-refractivity contribution in [1.82, 2.24) is 0 Å². The molecule has 12 heteroatoms. The molecular weight excluding hydrogens is 504 g/mol. The number of phenolic OH excluding ortho intramolecular Hbond substituents is 2. The molecule has 3 rings (SSSR count). The van der Waals surface area contributed by atoms with E-state index in [1.807, 2.05) is 0 Å². The van der Waals surface area contributed by atoms with Crippen LogP contribution in [0.5, 0.6) is 28.7 Å². The van der Waals surface area contributed by atoms with E-state index in [1.165, 1.54) is 38.5 Å². The number of aliphatic hydroxyl groups is 4. The number of ether oxygens (including phenoxy) is 5. The first-order valence-electron chi connectivity index (χ1n) is 11.8. The maximum atomic E-state index is 12.2. The van der Waals surface area contributed by atoms with E-state index in [9.17, 15) is 30.3 Å². The Balaban J connectivity index is 1.70. The summed E-state index contributed by atoms with van der Waals surface area (Å²) in [6.07, 6.45) is -4.22. The lowest BCUT2D eigenvalue weighted by atomic mass is 9.99. The third-order valence-corrected chi connectivity index (χ3v) is 5.85. The van der Waals surface area contributed by atoms with Crippen molar-refractivity contribution in [2.75, 3.05) is 27.4 Å². The van der Waals surface area contributed by atoms with Crippen LogP contribution >= 0.6 is 0 Å². The number of phenols is 2. The van der Waals surface area contributed by atoms with E-state index in [4.69, 9.17) is 28.8 Å². The summed E-state index contributed by atoms with van der Waals surface area (Å²) in [5.41, 5.74) is 1.23. The SMILES string of the molecule is COc1cc(CCCO)cc(OC)c1O[C@@H]1OC(COC(=O)/C=C/c2ccc(O)c(O)c2)[C@@H](O)C(O)[C@@H]1O. The Labute approximate surface area is 218 Å². The summed E-state index contributed by atoms with van der Waals surface area (Å²) in [5, 5.41) is 59.2. The van der Waals surface area contributed by atoms with Crippen LogP contribution in [0.4, 0.5) is 0 Å². The molecule has 2 aromatic rings. The lowest BCUT2D eigenvalue weighted by molar-refractivity contribution is -0.278. The van der Waals surface area contributed by atoms with Crippen LogP contribution in [0.25, 0.3) is 6.08 Å². The lowest BCUT2D eigenvalue weighted by Gasteiger charge is -2.40. The average molecular weight is 537 g/mol. The third kappa shape index (κ3) is 7.05. The van der Waals surface area contributed by atoms with Crippen LogP contribution in [-0.2, 0) is 20.7 Å². The minimum absolute atomic E-state index is 0.00730. The Bertz CT molecular complexity index is 1090. The first kappa shape index (κ1) is 29.0. The highest BCUT2D eigenvalue weighted by atomic mass is 16.7. The van der Waals surface area contributed by atoms with Gasteiger partial charge < -0.3 is 54.3 Å². The molecule has 1 aliphatic rings. The number of carbonyl (C=O) groups is 1. The topological polar surface area (TPSA) is 185 Å². The molecule has 2 aromatic carbocycles. The highest BCUT2D eigenvalue weighted by molar-refractivity contribution is 5.87. The largest absolute Gasteiger partial charge is 0.504 e. The lowest BCUT2D eigenvalue weighted by Crippen LogP contribution is -2.60. The fraction of sp³-hybridized carbons (Fsp3) is 0.423. The molecule has 208 valence electrons. The molecule has 0 aliphatic carbocycles. The van der Waals surface area contributed by atoms with E-state index >= 15 is 0 Å². The van der Waals surface area contributed by atoms with Gasteiger partial charge in [-0.2, -0.15) is 0 Å². The van der Waals surface area contributed by atoms with Crippen LogP contribution < -0.4 is 14.2 Å². The van der Waals surface area contributed by atoms with Crippen molar-refractivity contribution < 1.29 is 59.1 Å². The molecule has 5 atom stereocenters. The molecule has 0 bridgehead atoms. The molecule has 12 nitrogen and oxygen atoms in total. The molecule has 38 heavy (non-hydrogen) atoms. The van der Waals surface area contributed by atoms with Gasteiger partial charge in [0.1, 0.15) is 31.0 Å². The van der Waals surface area contributed by atoms with Crippen molar-refractivity contribution in [2.24, 2.45) is 0 Å². The normalized spacial score (nSPS) is 23.3. The summed E-state index contributed by atoms with van der Waals surface area (Å²) < 4.78 is 27.3. The van der Waals surface area contributed by atoms with Gasteiger partial charge in [0.2, 0.25) is 12.0 Å². The monoisotopic (exact) mass is 536 g/mol. The Morgan fingerprint density at radius 3 is 2.26 bits per heavy atom. The summed E-state index contributed by atoms with van der Waals surface area (Å²) >= 11 is 0. The number of aromatic hydroxyl groups is 2. The van der Waals surface area contributed by atoms with Crippen LogP contribution in [0.15, 0.2) is 36.4 Å². The predicted molar refractivity (Wildman–Crippen MR) is 132 cm³/mol. The molecule has 1 heterocycles. The van der Waals surface area contributed by atoms with Gasteiger partial charge in [-0.25, -0.2) is 4.79 Å². The Kier molecular flexibility index (Phi) is 10.2. The van der Waals surface area contributed by atoms with Crippen LogP contribution in [0.1, 0.15) is 17.5 Å². The van der Waals surface area contributed by atoms with E-state index in [0.29, 0.717) is 18.4 Å². The second kappa shape index (κ2) is 13.3.